The molecule has 4 nitrogen and oxygen atoms in total. The molecular weight excluding hydrogens is 312 g/mol. The van der Waals surface area contributed by atoms with Gasteiger partial charge in [0.05, 0.1) is 0 Å². The molecule has 1 unspecified atom stereocenters. The quantitative estimate of drug-likeness (QED) is 0.837. The number of pyridine rings is 1. The van der Waals surface area contributed by atoms with Crippen LogP contribution in [0.4, 0.5) is 5.69 Å². The molecule has 1 atom stereocenters. The van der Waals surface area contributed by atoms with E-state index >= 15 is 0 Å². The number of hydrogen-bond donors (Lipinski definition) is 0. The number of nitrogens with zero attached hydrogens (tertiary/aromatic N) is 2. The van der Waals surface area contributed by atoms with Gasteiger partial charge >= 0.3 is 0 Å². The van der Waals surface area contributed by atoms with Crippen LogP contribution in [0.25, 0.3) is 0 Å². The van der Waals surface area contributed by atoms with Crippen molar-refractivity contribution >= 4 is 17.4 Å². The maximum Gasteiger partial charge on any atom is 0.232 e. The Balaban J connectivity index is 1.85. The lowest BCUT2D eigenvalue weighted by Crippen LogP contribution is -2.40. The normalized spacial score (nSPS) is 20.7. The molecule has 4 rings (SSSR count). The lowest BCUT2D eigenvalue weighted by atomic mass is 9.77. The molecule has 0 spiro atoms. The van der Waals surface area contributed by atoms with Gasteiger partial charge in [-0.25, -0.2) is 0 Å². The topological polar surface area (TPSA) is 50.3 Å². The molecule has 4 heteroatoms. The van der Waals surface area contributed by atoms with E-state index in [0.717, 1.165) is 40.9 Å². The first kappa shape index (κ1) is 15.8. The van der Waals surface area contributed by atoms with Gasteiger partial charge in [-0.1, -0.05) is 17.7 Å². The number of anilines is 1. The number of hydrogen-bond acceptors (Lipinski definition) is 3. The Labute approximate surface area is 147 Å². The molecule has 0 bridgehead atoms. The fourth-order valence-corrected chi connectivity index (χ4v) is 3.87. The van der Waals surface area contributed by atoms with Crippen LogP contribution in [0.15, 0.2) is 60.1 Å². The van der Waals surface area contributed by atoms with Crippen LogP contribution in [0.2, 0.25) is 0 Å². The minimum atomic E-state index is -0.153. The summed E-state index contributed by atoms with van der Waals surface area (Å²) in [5.41, 5.74) is 4.70. The second kappa shape index (κ2) is 6.28. The summed E-state index contributed by atoms with van der Waals surface area (Å²) in [4.78, 5) is 31.6. The number of rotatable bonds is 2. The third-order valence-electron chi connectivity index (χ3n) is 5.08. The van der Waals surface area contributed by atoms with E-state index in [9.17, 15) is 9.59 Å². The zero-order chi connectivity index (χ0) is 17.4. The zero-order valence-electron chi connectivity index (χ0n) is 14.2. The summed E-state index contributed by atoms with van der Waals surface area (Å²) < 4.78 is 0. The van der Waals surface area contributed by atoms with Crippen LogP contribution in [0.1, 0.15) is 42.7 Å². The summed E-state index contributed by atoms with van der Waals surface area (Å²) in [5.74, 6) is 0.0757. The molecule has 0 saturated carbocycles. The Morgan fingerprint density at radius 3 is 2.44 bits per heavy atom. The lowest BCUT2D eigenvalue weighted by molar-refractivity contribution is -0.119. The van der Waals surface area contributed by atoms with E-state index in [4.69, 9.17) is 0 Å². The number of aromatic nitrogens is 1. The largest absolute Gasteiger partial charge is 0.294 e. The number of carbonyl (C=O) groups is 2. The Bertz CT molecular complexity index is 853. The predicted octanol–water partition coefficient (Wildman–Crippen LogP) is 3.92. The molecular formula is C21H20N2O2. The molecule has 126 valence electrons. The number of amides is 1. The predicted molar refractivity (Wildman–Crippen MR) is 96.1 cm³/mol. The van der Waals surface area contributed by atoms with Gasteiger partial charge in [0.2, 0.25) is 5.91 Å². The van der Waals surface area contributed by atoms with Crippen molar-refractivity contribution in [1.82, 2.24) is 4.98 Å². The van der Waals surface area contributed by atoms with Gasteiger partial charge in [-0.2, -0.15) is 0 Å². The second-order valence-electron chi connectivity index (χ2n) is 6.74. The summed E-state index contributed by atoms with van der Waals surface area (Å²) >= 11 is 0. The molecule has 1 aromatic heterocycles. The Morgan fingerprint density at radius 1 is 1.00 bits per heavy atom. The monoisotopic (exact) mass is 332 g/mol. The summed E-state index contributed by atoms with van der Waals surface area (Å²) in [7, 11) is 0. The molecule has 0 saturated heterocycles. The van der Waals surface area contributed by atoms with Crippen molar-refractivity contribution in [2.45, 2.75) is 38.5 Å². The van der Waals surface area contributed by atoms with Gasteiger partial charge < -0.3 is 0 Å². The van der Waals surface area contributed by atoms with E-state index in [1.54, 1.807) is 17.3 Å². The summed E-state index contributed by atoms with van der Waals surface area (Å²) in [6.07, 6.45) is 5.90. The van der Waals surface area contributed by atoms with Crippen molar-refractivity contribution < 1.29 is 9.59 Å². The van der Waals surface area contributed by atoms with Crippen molar-refractivity contribution in [3.05, 3.63) is 71.2 Å². The van der Waals surface area contributed by atoms with Crippen molar-refractivity contribution in [2.24, 2.45) is 0 Å². The summed E-state index contributed by atoms with van der Waals surface area (Å²) in [5, 5.41) is 0. The molecule has 1 aliphatic heterocycles. The third kappa shape index (κ3) is 2.78. The number of aryl methyl sites for hydroxylation is 1. The van der Waals surface area contributed by atoms with E-state index in [-0.39, 0.29) is 17.6 Å². The highest BCUT2D eigenvalue weighted by atomic mass is 16.2. The molecule has 2 heterocycles. The van der Waals surface area contributed by atoms with Crippen LogP contribution in [0.3, 0.4) is 0 Å². The number of carbonyl (C=O) groups excluding carboxylic acids is 2. The SMILES string of the molecule is Cc1ccc(N2C(=O)CC(c3ccncc3)C3=C2CCCC3=O)cc1. The van der Waals surface area contributed by atoms with E-state index in [2.05, 4.69) is 4.98 Å². The fourth-order valence-electron chi connectivity index (χ4n) is 3.87. The van der Waals surface area contributed by atoms with E-state index in [1.165, 1.54) is 0 Å². The maximum atomic E-state index is 13.0. The van der Waals surface area contributed by atoms with Gasteiger partial charge in [0.25, 0.3) is 0 Å². The molecule has 1 aliphatic carbocycles. The molecule has 0 N–H and O–H groups in total. The van der Waals surface area contributed by atoms with Crippen LogP contribution in [0.5, 0.6) is 0 Å². The molecule has 25 heavy (non-hydrogen) atoms. The second-order valence-corrected chi connectivity index (χ2v) is 6.74. The van der Waals surface area contributed by atoms with Gasteiger partial charge in [-0.05, 0) is 49.6 Å². The van der Waals surface area contributed by atoms with Gasteiger partial charge in [0.1, 0.15) is 0 Å². The van der Waals surface area contributed by atoms with Crippen LogP contribution in [0, 0.1) is 6.92 Å². The molecule has 1 aromatic carbocycles. The first-order valence-electron chi connectivity index (χ1n) is 8.71. The molecule has 2 aliphatic rings. The first-order valence-corrected chi connectivity index (χ1v) is 8.71. The van der Waals surface area contributed by atoms with E-state index < -0.39 is 0 Å². The van der Waals surface area contributed by atoms with Gasteiger partial charge in [-0.3, -0.25) is 19.5 Å². The molecule has 2 aromatic rings. The number of benzene rings is 1. The molecule has 1 amide bonds. The van der Waals surface area contributed by atoms with Crippen LogP contribution in [-0.4, -0.2) is 16.7 Å². The van der Waals surface area contributed by atoms with Gasteiger partial charge in [0, 0.05) is 48.1 Å². The standard InChI is InChI=1S/C21H20N2O2/c1-14-5-7-16(8-6-14)23-18-3-2-4-19(24)21(18)17(13-20(23)25)15-9-11-22-12-10-15/h5-12,17H,2-4,13H2,1H3. The number of Topliss-reactive ketones (excluding diaryl/α,β-unsaturated/α-hetero) is 1. The van der Waals surface area contributed by atoms with Gasteiger partial charge in [0.15, 0.2) is 5.78 Å². The van der Waals surface area contributed by atoms with Crippen LogP contribution in [-0.2, 0) is 9.59 Å². The van der Waals surface area contributed by atoms with Crippen molar-refractivity contribution in [2.75, 3.05) is 4.90 Å². The Morgan fingerprint density at radius 2 is 1.72 bits per heavy atom. The number of allylic oxidation sites excluding steroid dienone is 2. The Hall–Kier alpha value is -2.75. The van der Waals surface area contributed by atoms with E-state index in [1.807, 2.05) is 43.3 Å². The van der Waals surface area contributed by atoms with Crippen LogP contribution < -0.4 is 4.90 Å². The maximum absolute atomic E-state index is 13.0. The van der Waals surface area contributed by atoms with Gasteiger partial charge in [-0.15, -0.1) is 0 Å². The van der Waals surface area contributed by atoms with Crippen LogP contribution >= 0.6 is 0 Å². The minimum Gasteiger partial charge on any atom is -0.294 e. The summed E-state index contributed by atoms with van der Waals surface area (Å²) in [6.45, 7) is 2.02. The summed E-state index contributed by atoms with van der Waals surface area (Å²) in [6, 6.07) is 11.7. The highest BCUT2D eigenvalue weighted by molar-refractivity contribution is 6.07. The van der Waals surface area contributed by atoms with Crippen molar-refractivity contribution in [1.29, 1.82) is 0 Å². The average molecular weight is 332 g/mol. The third-order valence-corrected chi connectivity index (χ3v) is 5.08. The molecule has 0 radical (unpaired) electrons. The first-order chi connectivity index (χ1) is 12.1. The zero-order valence-corrected chi connectivity index (χ0v) is 14.2. The number of ketones is 1. The Kier molecular flexibility index (Phi) is 3.96. The van der Waals surface area contributed by atoms with Crippen molar-refractivity contribution in [3.63, 3.8) is 0 Å². The highest BCUT2D eigenvalue weighted by Crippen LogP contribution is 2.43. The molecule has 0 fully saturated rings. The average Bonchev–Trinajstić information content (AvgIpc) is 2.63. The minimum absolute atomic E-state index is 0.0547. The lowest BCUT2D eigenvalue weighted by Gasteiger charge is -2.38. The fraction of sp³-hybridized carbons (Fsp3) is 0.286. The highest BCUT2D eigenvalue weighted by Gasteiger charge is 2.39. The smallest absolute Gasteiger partial charge is 0.232 e. The van der Waals surface area contributed by atoms with Crippen molar-refractivity contribution in [3.8, 4) is 0 Å². The van der Waals surface area contributed by atoms with E-state index in [0.29, 0.717) is 12.8 Å².